The van der Waals surface area contributed by atoms with Crippen LogP contribution in [0.2, 0.25) is 0 Å². The van der Waals surface area contributed by atoms with Crippen LogP contribution in [-0.2, 0) is 4.74 Å². The van der Waals surface area contributed by atoms with Gasteiger partial charge in [-0.05, 0) is 59.4 Å². The number of likely N-dealkylation sites (tertiary alicyclic amines) is 1. The lowest BCUT2D eigenvalue weighted by Gasteiger charge is -2.33. The molecule has 0 aromatic heterocycles. The monoisotopic (exact) mass is 286 g/mol. The van der Waals surface area contributed by atoms with Crippen molar-refractivity contribution in [3.8, 4) is 0 Å². The predicted octanol–water partition coefficient (Wildman–Crippen LogP) is 1.99. The molecule has 0 bridgehead atoms. The van der Waals surface area contributed by atoms with Crippen molar-refractivity contribution < 1.29 is 14.6 Å². The molecular weight excluding hydrogens is 256 g/mol. The van der Waals surface area contributed by atoms with E-state index in [-0.39, 0.29) is 12.2 Å². The van der Waals surface area contributed by atoms with Crippen molar-refractivity contribution in [3.05, 3.63) is 0 Å². The third-order valence-electron chi connectivity index (χ3n) is 3.44. The minimum absolute atomic E-state index is 0.191. The lowest BCUT2D eigenvalue weighted by molar-refractivity contribution is 0.0181. The second-order valence-electron chi connectivity index (χ2n) is 6.75. The van der Waals surface area contributed by atoms with Gasteiger partial charge in [0.25, 0.3) is 0 Å². The average Bonchev–Trinajstić information content (AvgIpc) is 2.33. The number of ether oxygens (including phenoxy) is 1. The van der Waals surface area contributed by atoms with Crippen LogP contribution in [-0.4, -0.2) is 54.0 Å². The first-order valence-corrected chi connectivity index (χ1v) is 7.64. The molecule has 1 aliphatic heterocycles. The molecule has 0 aromatic carbocycles. The van der Waals surface area contributed by atoms with Gasteiger partial charge in [0.1, 0.15) is 5.60 Å². The Morgan fingerprint density at radius 2 is 2.00 bits per heavy atom. The van der Waals surface area contributed by atoms with Crippen molar-refractivity contribution >= 4 is 6.09 Å². The van der Waals surface area contributed by atoms with E-state index in [4.69, 9.17) is 9.84 Å². The molecule has 1 unspecified atom stereocenters. The number of nitrogens with one attached hydrogen (secondary N) is 1. The zero-order valence-corrected chi connectivity index (χ0v) is 13.3. The summed E-state index contributed by atoms with van der Waals surface area (Å²) in [6.45, 7) is 10.6. The Morgan fingerprint density at radius 3 is 2.50 bits per heavy atom. The topological polar surface area (TPSA) is 61.8 Å². The summed E-state index contributed by atoms with van der Waals surface area (Å²) < 4.78 is 5.38. The fraction of sp³-hybridized carbons (Fsp3) is 0.933. The highest BCUT2D eigenvalue weighted by Gasteiger charge is 2.26. The molecule has 0 radical (unpaired) electrons. The van der Waals surface area contributed by atoms with E-state index < -0.39 is 5.60 Å². The number of rotatable bonds is 5. The zero-order valence-electron chi connectivity index (χ0n) is 13.3. The molecule has 0 saturated carbocycles. The van der Waals surface area contributed by atoms with Crippen LogP contribution in [0.5, 0.6) is 0 Å². The van der Waals surface area contributed by atoms with Crippen LogP contribution in [0.25, 0.3) is 0 Å². The maximum absolute atomic E-state index is 11.9. The molecule has 1 rings (SSSR count). The van der Waals surface area contributed by atoms with E-state index in [2.05, 4.69) is 5.32 Å². The van der Waals surface area contributed by atoms with E-state index >= 15 is 0 Å². The van der Waals surface area contributed by atoms with Crippen LogP contribution in [0.3, 0.4) is 0 Å². The van der Waals surface area contributed by atoms with E-state index in [0.29, 0.717) is 12.5 Å². The second kappa shape index (κ2) is 7.84. The zero-order chi connectivity index (χ0) is 15.2. The predicted molar refractivity (Wildman–Crippen MR) is 79.7 cm³/mol. The van der Waals surface area contributed by atoms with Gasteiger partial charge in [0.05, 0.1) is 6.10 Å². The van der Waals surface area contributed by atoms with Crippen LogP contribution < -0.4 is 5.32 Å². The van der Waals surface area contributed by atoms with Crippen LogP contribution in [0.1, 0.15) is 47.0 Å². The van der Waals surface area contributed by atoms with Gasteiger partial charge in [-0.2, -0.15) is 0 Å². The Labute approximate surface area is 122 Å². The van der Waals surface area contributed by atoms with Gasteiger partial charge in [-0.3, -0.25) is 0 Å². The highest BCUT2D eigenvalue weighted by atomic mass is 16.6. The number of aliphatic hydroxyl groups is 1. The Kier molecular flexibility index (Phi) is 6.76. The molecule has 1 saturated heterocycles. The number of nitrogens with zero attached hydrogens (tertiary/aromatic N) is 1. The van der Waals surface area contributed by atoms with E-state index in [9.17, 15) is 4.79 Å². The van der Waals surface area contributed by atoms with Gasteiger partial charge < -0.3 is 20.1 Å². The van der Waals surface area contributed by atoms with Gasteiger partial charge >= 0.3 is 6.09 Å². The fourth-order valence-electron chi connectivity index (χ4n) is 2.35. The Balaban J connectivity index is 2.18. The summed E-state index contributed by atoms with van der Waals surface area (Å²) in [6.07, 6.45) is 2.70. The molecule has 118 valence electrons. The maximum atomic E-state index is 11.9. The van der Waals surface area contributed by atoms with Gasteiger partial charge in [0.2, 0.25) is 0 Å². The lowest BCUT2D eigenvalue weighted by Crippen LogP contribution is -2.42. The molecular formula is C15H30N2O3. The van der Waals surface area contributed by atoms with Gasteiger partial charge in [0, 0.05) is 19.6 Å². The Bertz CT molecular complexity index is 292. The van der Waals surface area contributed by atoms with Crippen molar-refractivity contribution in [2.24, 2.45) is 5.92 Å². The number of aliphatic hydroxyl groups excluding tert-OH is 1. The Hall–Kier alpha value is -0.810. The van der Waals surface area contributed by atoms with E-state index in [0.717, 1.165) is 38.9 Å². The molecule has 2 N–H and O–H groups in total. The standard InChI is InChI=1S/C15H30N2O3/c1-12(18)11-16-8-5-13-6-9-17(10-7-13)14(19)20-15(2,3)4/h12-13,16,18H,5-11H2,1-4H3. The molecule has 1 aliphatic rings. The molecule has 0 aromatic rings. The smallest absolute Gasteiger partial charge is 0.410 e. The molecule has 5 nitrogen and oxygen atoms in total. The molecule has 1 atom stereocenters. The molecule has 1 amide bonds. The number of amides is 1. The first-order valence-electron chi connectivity index (χ1n) is 7.64. The van der Waals surface area contributed by atoms with Crippen molar-refractivity contribution in [2.75, 3.05) is 26.2 Å². The number of hydrogen-bond acceptors (Lipinski definition) is 4. The first kappa shape index (κ1) is 17.2. The summed E-state index contributed by atoms with van der Waals surface area (Å²) in [5.74, 6) is 0.662. The SMILES string of the molecule is CC(O)CNCCC1CCN(C(=O)OC(C)(C)C)CC1. The fourth-order valence-corrected chi connectivity index (χ4v) is 2.35. The van der Waals surface area contributed by atoms with Gasteiger partial charge in [0.15, 0.2) is 0 Å². The van der Waals surface area contributed by atoms with Crippen LogP contribution >= 0.6 is 0 Å². The summed E-state index contributed by atoms with van der Waals surface area (Å²) in [7, 11) is 0. The summed E-state index contributed by atoms with van der Waals surface area (Å²) in [6, 6.07) is 0. The summed E-state index contributed by atoms with van der Waals surface area (Å²) in [4.78, 5) is 13.7. The number of carbonyl (C=O) groups excluding carboxylic acids is 1. The van der Waals surface area contributed by atoms with Crippen molar-refractivity contribution in [3.63, 3.8) is 0 Å². The van der Waals surface area contributed by atoms with Crippen molar-refractivity contribution in [1.82, 2.24) is 10.2 Å². The molecule has 1 fully saturated rings. The highest BCUT2D eigenvalue weighted by molar-refractivity contribution is 5.68. The van der Waals surface area contributed by atoms with E-state index in [1.165, 1.54) is 0 Å². The average molecular weight is 286 g/mol. The van der Waals surface area contributed by atoms with Gasteiger partial charge in [-0.1, -0.05) is 0 Å². The summed E-state index contributed by atoms with van der Waals surface area (Å²) in [5, 5.41) is 12.4. The van der Waals surface area contributed by atoms with E-state index in [1.807, 2.05) is 25.7 Å². The van der Waals surface area contributed by atoms with Gasteiger partial charge in [-0.15, -0.1) is 0 Å². The molecule has 0 spiro atoms. The third kappa shape index (κ3) is 7.10. The van der Waals surface area contributed by atoms with Crippen molar-refractivity contribution in [1.29, 1.82) is 0 Å². The molecule has 5 heteroatoms. The molecule has 1 heterocycles. The van der Waals surface area contributed by atoms with Crippen LogP contribution in [0.4, 0.5) is 4.79 Å². The second-order valence-corrected chi connectivity index (χ2v) is 6.75. The van der Waals surface area contributed by atoms with Crippen LogP contribution in [0.15, 0.2) is 0 Å². The minimum Gasteiger partial charge on any atom is -0.444 e. The lowest BCUT2D eigenvalue weighted by atomic mass is 9.94. The molecule has 0 aliphatic carbocycles. The summed E-state index contributed by atoms with van der Waals surface area (Å²) >= 11 is 0. The highest BCUT2D eigenvalue weighted by Crippen LogP contribution is 2.21. The van der Waals surface area contributed by atoms with Gasteiger partial charge in [-0.25, -0.2) is 4.79 Å². The normalized spacial score (nSPS) is 18.9. The maximum Gasteiger partial charge on any atom is 0.410 e. The minimum atomic E-state index is -0.418. The molecule has 20 heavy (non-hydrogen) atoms. The number of piperidine rings is 1. The number of carbonyl (C=O) groups is 1. The van der Waals surface area contributed by atoms with E-state index in [1.54, 1.807) is 6.92 Å². The quantitative estimate of drug-likeness (QED) is 0.759. The number of hydrogen-bond donors (Lipinski definition) is 2. The first-order chi connectivity index (χ1) is 9.28. The third-order valence-corrected chi connectivity index (χ3v) is 3.44. The largest absolute Gasteiger partial charge is 0.444 e. The Morgan fingerprint density at radius 1 is 1.40 bits per heavy atom. The van der Waals surface area contributed by atoms with Crippen molar-refractivity contribution in [2.45, 2.75) is 58.7 Å². The van der Waals surface area contributed by atoms with Crippen LogP contribution in [0, 0.1) is 5.92 Å². The summed E-state index contributed by atoms with van der Waals surface area (Å²) in [5.41, 5.74) is -0.418.